The topological polar surface area (TPSA) is 23.8 Å². The molecule has 0 bridgehead atoms. The standard InChI is InChI=1S/C10H9ClF3N/c1-2-3-4-5-6-8(9(11)7-15)10(12,13)14/h2-4H2,1H3/b9-8+. The molecule has 1 nitrogen and oxygen atoms in total. The van der Waals surface area contributed by atoms with Crippen molar-refractivity contribution in [1.82, 2.24) is 0 Å². The van der Waals surface area contributed by atoms with Gasteiger partial charge in [-0.05, 0) is 6.42 Å². The predicted octanol–water partition coefficient (Wildman–Crippen LogP) is 3.76. The van der Waals surface area contributed by atoms with Crippen molar-refractivity contribution in [2.75, 3.05) is 0 Å². The smallest absolute Gasteiger partial charge is 0.191 e. The number of hydrogen-bond donors (Lipinski definition) is 0. The second-order valence-corrected chi connectivity index (χ2v) is 3.08. The lowest BCUT2D eigenvalue weighted by Crippen LogP contribution is -2.11. The van der Waals surface area contributed by atoms with Crippen molar-refractivity contribution in [3.63, 3.8) is 0 Å². The van der Waals surface area contributed by atoms with Crippen LogP contribution in [0.15, 0.2) is 10.6 Å². The van der Waals surface area contributed by atoms with Gasteiger partial charge in [-0.3, -0.25) is 0 Å². The van der Waals surface area contributed by atoms with Gasteiger partial charge >= 0.3 is 6.18 Å². The first-order chi connectivity index (χ1) is 6.93. The Morgan fingerprint density at radius 3 is 2.40 bits per heavy atom. The first-order valence-corrected chi connectivity index (χ1v) is 4.67. The van der Waals surface area contributed by atoms with Crippen molar-refractivity contribution in [3.8, 4) is 17.9 Å². The lowest BCUT2D eigenvalue weighted by atomic mass is 10.2. The van der Waals surface area contributed by atoms with Gasteiger partial charge in [0.25, 0.3) is 0 Å². The summed E-state index contributed by atoms with van der Waals surface area (Å²) < 4.78 is 36.8. The molecular weight excluding hydrogens is 227 g/mol. The number of nitriles is 1. The van der Waals surface area contributed by atoms with E-state index in [-0.39, 0.29) is 0 Å². The van der Waals surface area contributed by atoms with Gasteiger partial charge in [-0.15, -0.1) is 0 Å². The third-order valence-electron chi connectivity index (χ3n) is 1.47. The zero-order chi connectivity index (χ0) is 11.9. The van der Waals surface area contributed by atoms with Crippen LogP contribution in [0.25, 0.3) is 0 Å². The van der Waals surface area contributed by atoms with Crippen LogP contribution in [0.2, 0.25) is 0 Å². The quantitative estimate of drug-likeness (QED) is 0.406. The minimum absolute atomic E-state index is 0.367. The summed E-state index contributed by atoms with van der Waals surface area (Å²) in [5, 5.41) is 7.35. The summed E-state index contributed by atoms with van der Waals surface area (Å²) in [4.78, 5) is 0. The summed E-state index contributed by atoms with van der Waals surface area (Å²) in [5.41, 5.74) is -1.26. The van der Waals surface area contributed by atoms with E-state index in [9.17, 15) is 13.2 Å². The molecule has 0 aliphatic carbocycles. The van der Waals surface area contributed by atoms with E-state index in [2.05, 4.69) is 5.92 Å². The van der Waals surface area contributed by atoms with Crippen LogP contribution in [0, 0.1) is 23.2 Å². The van der Waals surface area contributed by atoms with Crippen LogP contribution in [0.4, 0.5) is 13.2 Å². The fourth-order valence-electron chi connectivity index (χ4n) is 0.722. The molecule has 0 radical (unpaired) electrons. The van der Waals surface area contributed by atoms with Gasteiger partial charge in [-0.1, -0.05) is 36.8 Å². The lowest BCUT2D eigenvalue weighted by molar-refractivity contribution is -0.0873. The van der Waals surface area contributed by atoms with Gasteiger partial charge in [0.2, 0.25) is 0 Å². The molecule has 0 fully saturated rings. The molecular formula is C10H9ClF3N. The number of nitrogens with zero attached hydrogens (tertiary/aromatic N) is 1. The van der Waals surface area contributed by atoms with E-state index >= 15 is 0 Å². The Morgan fingerprint density at radius 2 is 2.00 bits per heavy atom. The summed E-state index contributed by atoms with van der Waals surface area (Å²) in [6.45, 7) is 1.91. The molecule has 0 atom stereocenters. The zero-order valence-corrected chi connectivity index (χ0v) is 8.84. The van der Waals surface area contributed by atoms with Gasteiger partial charge in [0.1, 0.15) is 16.7 Å². The molecule has 0 heterocycles. The molecule has 0 aliphatic rings. The predicted molar refractivity (Wildman–Crippen MR) is 51.8 cm³/mol. The number of alkyl halides is 3. The van der Waals surface area contributed by atoms with Gasteiger partial charge in [-0.2, -0.15) is 18.4 Å². The maximum absolute atomic E-state index is 12.3. The Hall–Kier alpha value is -1.13. The second kappa shape index (κ2) is 6.37. The van der Waals surface area contributed by atoms with Gasteiger partial charge in [-0.25, -0.2) is 0 Å². The number of rotatable bonds is 2. The van der Waals surface area contributed by atoms with E-state index in [1.54, 1.807) is 0 Å². The monoisotopic (exact) mass is 235 g/mol. The highest BCUT2D eigenvalue weighted by Gasteiger charge is 2.35. The minimum atomic E-state index is -4.66. The first-order valence-electron chi connectivity index (χ1n) is 4.29. The Bertz CT molecular complexity index is 338. The molecule has 15 heavy (non-hydrogen) atoms. The highest BCUT2D eigenvalue weighted by atomic mass is 35.5. The molecule has 0 N–H and O–H groups in total. The number of hydrogen-bond acceptors (Lipinski definition) is 1. The van der Waals surface area contributed by atoms with Gasteiger partial charge in [0.15, 0.2) is 0 Å². The average molecular weight is 236 g/mol. The average Bonchev–Trinajstić information content (AvgIpc) is 2.15. The molecule has 5 heteroatoms. The first kappa shape index (κ1) is 13.9. The van der Waals surface area contributed by atoms with E-state index in [0.717, 1.165) is 12.8 Å². The fourth-order valence-corrected chi connectivity index (χ4v) is 0.877. The van der Waals surface area contributed by atoms with Crippen molar-refractivity contribution >= 4 is 11.6 Å². The van der Waals surface area contributed by atoms with Crippen LogP contribution in [0.5, 0.6) is 0 Å². The molecule has 0 aromatic heterocycles. The molecule has 0 aromatic carbocycles. The fraction of sp³-hybridized carbons (Fsp3) is 0.500. The highest BCUT2D eigenvalue weighted by molar-refractivity contribution is 6.32. The molecule has 0 rings (SSSR count). The van der Waals surface area contributed by atoms with Crippen LogP contribution >= 0.6 is 11.6 Å². The summed E-state index contributed by atoms with van der Waals surface area (Å²) in [7, 11) is 0. The number of unbranched alkanes of at least 4 members (excludes halogenated alkanes) is 2. The van der Waals surface area contributed by atoms with E-state index in [0.29, 0.717) is 6.42 Å². The SMILES string of the molecule is CCCCC#C/C(=C(\Cl)C#N)C(F)(F)F. The maximum atomic E-state index is 12.3. The summed E-state index contributed by atoms with van der Waals surface area (Å²) >= 11 is 5.12. The van der Waals surface area contributed by atoms with Gasteiger partial charge < -0.3 is 0 Å². The molecule has 0 saturated heterocycles. The van der Waals surface area contributed by atoms with Crippen LogP contribution in [-0.2, 0) is 0 Å². The Morgan fingerprint density at radius 1 is 1.40 bits per heavy atom. The van der Waals surface area contributed by atoms with Crippen LogP contribution < -0.4 is 0 Å². The third kappa shape index (κ3) is 5.34. The molecule has 0 amide bonds. The molecule has 0 saturated carbocycles. The van der Waals surface area contributed by atoms with Crippen molar-refractivity contribution in [2.45, 2.75) is 32.4 Å². The Balaban J connectivity index is 4.84. The largest absolute Gasteiger partial charge is 0.426 e. The highest BCUT2D eigenvalue weighted by Crippen LogP contribution is 2.28. The van der Waals surface area contributed by atoms with Crippen molar-refractivity contribution in [1.29, 1.82) is 5.26 Å². The van der Waals surface area contributed by atoms with Crippen molar-refractivity contribution in [2.24, 2.45) is 0 Å². The maximum Gasteiger partial charge on any atom is 0.426 e. The number of halogens is 4. The molecule has 0 spiro atoms. The van der Waals surface area contributed by atoms with Crippen molar-refractivity contribution in [3.05, 3.63) is 10.6 Å². The molecule has 82 valence electrons. The van der Waals surface area contributed by atoms with Gasteiger partial charge in [0, 0.05) is 6.42 Å². The van der Waals surface area contributed by atoms with E-state index in [1.165, 1.54) is 6.07 Å². The third-order valence-corrected chi connectivity index (χ3v) is 1.74. The Labute approximate surface area is 91.5 Å². The summed E-state index contributed by atoms with van der Waals surface area (Å²) in [6.07, 6.45) is -2.72. The van der Waals surface area contributed by atoms with Crippen LogP contribution in [0.1, 0.15) is 26.2 Å². The molecule has 0 aromatic rings. The van der Waals surface area contributed by atoms with E-state index in [1.807, 2.05) is 12.8 Å². The van der Waals surface area contributed by atoms with E-state index < -0.39 is 16.8 Å². The van der Waals surface area contributed by atoms with Gasteiger partial charge in [0.05, 0.1) is 0 Å². The normalized spacial score (nSPS) is 12.3. The summed E-state index contributed by atoms with van der Waals surface area (Å²) in [6, 6.07) is 1.24. The zero-order valence-electron chi connectivity index (χ0n) is 8.08. The van der Waals surface area contributed by atoms with Crippen LogP contribution in [0.3, 0.4) is 0 Å². The molecule has 0 aliphatic heterocycles. The van der Waals surface area contributed by atoms with Crippen molar-refractivity contribution < 1.29 is 13.2 Å². The lowest BCUT2D eigenvalue weighted by Gasteiger charge is -2.04. The number of allylic oxidation sites excluding steroid dienone is 2. The minimum Gasteiger partial charge on any atom is -0.191 e. The molecule has 0 unspecified atom stereocenters. The van der Waals surface area contributed by atoms with Crippen LogP contribution in [-0.4, -0.2) is 6.18 Å². The second-order valence-electron chi connectivity index (χ2n) is 2.70. The Kier molecular flexibility index (Phi) is 5.89. The van der Waals surface area contributed by atoms with E-state index in [4.69, 9.17) is 16.9 Å². The summed E-state index contributed by atoms with van der Waals surface area (Å²) in [5.74, 6) is 4.24.